The first-order valence-electron chi connectivity index (χ1n) is 8.70. The summed E-state index contributed by atoms with van der Waals surface area (Å²) in [6.07, 6.45) is 7.32. The number of nitrogens with zero attached hydrogens (tertiary/aromatic N) is 4. The van der Waals surface area contributed by atoms with Crippen molar-refractivity contribution in [1.82, 2.24) is 19.7 Å². The van der Waals surface area contributed by atoms with Crippen LogP contribution in [0.1, 0.15) is 43.0 Å². The van der Waals surface area contributed by atoms with Gasteiger partial charge >= 0.3 is 6.18 Å². The molecule has 2 atom stereocenters. The minimum Gasteiger partial charge on any atom is -0.372 e. The summed E-state index contributed by atoms with van der Waals surface area (Å²) >= 11 is 0. The van der Waals surface area contributed by atoms with Gasteiger partial charge in [0.15, 0.2) is 0 Å². The largest absolute Gasteiger partial charge is 0.421 e. The highest BCUT2D eigenvalue weighted by atomic mass is 19.4. The number of hydrogen-bond donors (Lipinski definition) is 2. The summed E-state index contributed by atoms with van der Waals surface area (Å²) in [6, 6.07) is 0.277. The molecule has 0 aromatic carbocycles. The number of nitrogens with one attached hydrogen (secondary N) is 2. The lowest BCUT2D eigenvalue weighted by atomic mass is 10.0. The van der Waals surface area contributed by atoms with Gasteiger partial charge < -0.3 is 10.6 Å². The predicted molar refractivity (Wildman–Crippen MR) is 96.7 cm³/mol. The third kappa shape index (κ3) is 4.15. The van der Waals surface area contributed by atoms with Gasteiger partial charge in [0.2, 0.25) is 5.95 Å². The van der Waals surface area contributed by atoms with Crippen molar-refractivity contribution in [2.24, 2.45) is 5.92 Å². The Morgan fingerprint density at radius 3 is 2.81 bits per heavy atom. The second kappa shape index (κ2) is 7.47. The van der Waals surface area contributed by atoms with Gasteiger partial charge in [-0.3, -0.25) is 4.68 Å². The zero-order valence-electron chi connectivity index (χ0n) is 15.1. The average Bonchev–Trinajstić information content (AvgIpc) is 3.21. The van der Waals surface area contributed by atoms with Gasteiger partial charge in [-0.1, -0.05) is 0 Å². The summed E-state index contributed by atoms with van der Waals surface area (Å²) in [5.41, 5.74) is 0.482. The molecule has 0 spiro atoms. The topological polar surface area (TPSA) is 67.7 Å². The molecule has 3 rings (SSSR count). The normalized spacial score (nSPS) is 19.7. The van der Waals surface area contributed by atoms with E-state index in [0.29, 0.717) is 11.6 Å². The van der Waals surface area contributed by atoms with Crippen molar-refractivity contribution in [3.8, 4) is 12.3 Å². The van der Waals surface area contributed by atoms with E-state index >= 15 is 0 Å². The van der Waals surface area contributed by atoms with Crippen LogP contribution in [-0.2, 0) is 6.18 Å². The number of terminal acetylenes is 1. The number of anilines is 3. The Labute approximate surface area is 155 Å². The number of halogens is 3. The number of hydrogen-bond acceptors (Lipinski definition) is 5. The van der Waals surface area contributed by atoms with Gasteiger partial charge in [-0.25, -0.2) is 4.98 Å². The molecule has 1 aliphatic rings. The van der Waals surface area contributed by atoms with Crippen molar-refractivity contribution >= 4 is 17.5 Å². The van der Waals surface area contributed by atoms with Crippen molar-refractivity contribution < 1.29 is 13.2 Å². The van der Waals surface area contributed by atoms with Gasteiger partial charge in [-0.2, -0.15) is 23.3 Å². The minimum absolute atomic E-state index is 0.0756. The Morgan fingerprint density at radius 1 is 1.37 bits per heavy atom. The SMILES string of the molecule is C#CC[C@H]1CCC(n2cc(Nc3ncc(C(F)(F)F)c(NC)n3)c(C)n2)C1. The molecule has 6 nitrogen and oxygen atoms in total. The van der Waals surface area contributed by atoms with E-state index in [0.717, 1.165) is 37.6 Å². The highest BCUT2D eigenvalue weighted by Gasteiger charge is 2.35. The van der Waals surface area contributed by atoms with E-state index in [9.17, 15) is 13.2 Å². The lowest BCUT2D eigenvalue weighted by molar-refractivity contribution is -0.137. The van der Waals surface area contributed by atoms with Crippen LogP contribution < -0.4 is 10.6 Å². The fourth-order valence-corrected chi connectivity index (χ4v) is 3.39. The molecule has 0 aliphatic heterocycles. The molecular weight excluding hydrogens is 357 g/mol. The molecule has 1 aliphatic carbocycles. The molecule has 0 amide bonds. The summed E-state index contributed by atoms with van der Waals surface area (Å²) in [5.74, 6) is 3.02. The Kier molecular flexibility index (Phi) is 5.26. The number of aryl methyl sites for hydroxylation is 1. The second-order valence-corrected chi connectivity index (χ2v) is 6.68. The molecule has 0 saturated heterocycles. The van der Waals surface area contributed by atoms with Gasteiger partial charge in [-0.05, 0) is 32.1 Å². The highest BCUT2D eigenvalue weighted by molar-refractivity contribution is 5.57. The van der Waals surface area contributed by atoms with Crippen molar-refractivity contribution in [3.05, 3.63) is 23.7 Å². The maximum absolute atomic E-state index is 13.0. The van der Waals surface area contributed by atoms with E-state index in [2.05, 4.69) is 31.6 Å². The molecule has 1 saturated carbocycles. The summed E-state index contributed by atoms with van der Waals surface area (Å²) < 4.78 is 40.8. The van der Waals surface area contributed by atoms with E-state index in [1.54, 1.807) is 0 Å². The Morgan fingerprint density at radius 2 is 2.15 bits per heavy atom. The maximum atomic E-state index is 13.0. The molecule has 9 heteroatoms. The summed E-state index contributed by atoms with van der Waals surface area (Å²) in [4.78, 5) is 7.72. The third-order valence-electron chi connectivity index (χ3n) is 4.79. The minimum atomic E-state index is -4.52. The molecule has 0 radical (unpaired) electrons. The van der Waals surface area contributed by atoms with Crippen LogP contribution in [0, 0.1) is 25.2 Å². The van der Waals surface area contributed by atoms with Crippen molar-refractivity contribution in [2.75, 3.05) is 17.7 Å². The van der Waals surface area contributed by atoms with Gasteiger partial charge in [0.25, 0.3) is 0 Å². The highest BCUT2D eigenvalue weighted by Crippen LogP contribution is 2.37. The molecule has 2 heterocycles. The van der Waals surface area contributed by atoms with E-state index in [4.69, 9.17) is 6.42 Å². The lowest BCUT2D eigenvalue weighted by Crippen LogP contribution is -2.12. The zero-order valence-corrected chi connectivity index (χ0v) is 15.1. The van der Waals surface area contributed by atoms with Crippen LogP contribution in [0.15, 0.2) is 12.4 Å². The van der Waals surface area contributed by atoms with Crippen molar-refractivity contribution in [2.45, 2.75) is 44.8 Å². The summed E-state index contributed by atoms with van der Waals surface area (Å²) in [5, 5.41) is 9.96. The molecule has 1 unspecified atom stereocenters. The average molecular weight is 378 g/mol. The lowest BCUT2D eigenvalue weighted by Gasteiger charge is -2.12. The van der Waals surface area contributed by atoms with E-state index in [-0.39, 0.29) is 17.8 Å². The monoisotopic (exact) mass is 378 g/mol. The number of rotatable bonds is 5. The van der Waals surface area contributed by atoms with Crippen LogP contribution in [0.3, 0.4) is 0 Å². The van der Waals surface area contributed by atoms with Gasteiger partial charge in [-0.15, -0.1) is 12.3 Å². The fraction of sp³-hybridized carbons (Fsp3) is 0.500. The van der Waals surface area contributed by atoms with Crippen LogP contribution in [0.5, 0.6) is 0 Å². The molecule has 2 aromatic heterocycles. The van der Waals surface area contributed by atoms with Crippen molar-refractivity contribution in [1.29, 1.82) is 0 Å². The first-order valence-corrected chi connectivity index (χ1v) is 8.70. The van der Waals surface area contributed by atoms with Crippen LogP contribution in [0.4, 0.5) is 30.6 Å². The van der Waals surface area contributed by atoms with Crippen LogP contribution in [0.25, 0.3) is 0 Å². The van der Waals surface area contributed by atoms with Crippen LogP contribution in [-0.4, -0.2) is 26.8 Å². The Hall–Kier alpha value is -2.76. The fourth-order valence-electron chi connectivity index (χ4n) is 3.39. The van der Waals surface area contributed by atoms with Crippen molar-refractivity contribution in [3.63, 3.8) is 0 Å². The second-order valence-electron chi connectivity index (χ2n) is 6.68. The predicted octanol–water partition coefficient (Wildman–Crippen LogP) is 4.15. The van der Waals surface area contributed by atoms with Crippen LogP contribution >= 0.6 is 0 Å². The quantitative estimate of drug-likeness (QED) is 0.765. The first-order chi connectivity index (χ1) is 12.8. The summed E-state index contributed by atoms with van der Waals surface area (Å²) in [7, 11) is 1.39. The molecule has 2 N–H and O–H groups in total. The molecule has 1 fully saturated rings. The van der Waals surface area contributed by atoms with Gasteiger partial charge in [0.1, 0.15) is 11.4 Å². The first kappa shape index (κ1) is 19.0. The zero-order chi connectivity index (χ0) is 19.6. The smallest absolute Gasteiger partial charge is 0.372 e. The molecule has 27 heavy (non-hydrogen) atoms. The van der Waals surface area contributed by atoms with E-state index < -0.39 is 11.7 Å². The molecule has 2 aromatic rings. The molecule has 0 bridgehead atoms. The Bertz CT molecular complexity index is 852. The Balaban J connectivity index is 1.77. The molecular formula is C18H21F3N6. The van der Waals surface area contributed by atoms with E-state index in [1.807, 2.05) is 17.8 Å². The van der Waals surface area contributed by atoms with Gasteiger partial charge in [0, 0.05) is 25.9 Å². The standard InChI is InChI=1S/C18H21F3N6/c1-4-5-12-6-7-13(8-12)27-10-15(11(2)26-27)24-17-23-9-14(18(19,20)21)16(22-3)25-17/h1,9-10,12-13H,5-8H2,2-3H3,(H2,22,23,24,25)/t12-,13?/m0/s1. The van der Waals surface area contributed by atoms with Gasteiger partial charge in [0.05, 0.1) is 17.4 Å². The summed E-state index contributed by atoms with van der Waals surface area (Å²) in [6.45, 7) is 1.83. The molecule has 144 valence electrons. The van der Waals surface area contributed by atoms with Crippen LogP contribution in [0.2, 0.25) is 0 Å². The number of aromatic nitrogens is 4. The van der Waals surface area contributed by atoms with E-state index in [1.165, 1.54) is 7.05 Å². The number of alkyl halides is 3. The maximum Gasteiger partial charge on any atom is 0.421 e. The third-order valence-corrected chi connectivity index (χ3v) is 4.79.